The Morgan fingerprint density at radius 1 is 1.06 bits per heavy atom. The van der Waals surface area contributed by atoms with E-state index in [4.69, 9.17) is 11.6 Å². The van der Waals surface area contributed by atoms with Crippen molar-refractivity contribution < 1.29 is 17.7 Å². The van der Waals surface area contributed by atoms with E-state index >= 15 is 4.39 Å². The molecule has 2 aromatic heterocycles. The standard InChI is InChI=1S/C24H21ClF3N4OP/c1-12(15-6-5-7-18(26)22(15)28)32-23-17-8-16(14-10-29-24(30-11-14)34(3,4)33)19(27)9-20(17)31-13(2)21(23)25/h5-12H,1-4H3,(H,31,32). The molecule has 4 rings (SSSR count). The molecule has 2 heterocycles. The molecule has 1 N–H and O–H groups in total. The van der Waals surface area contributed by atoms with Crippen molar-refractivity contribution in [2.24, 2.45) is 0 Å². The van der Waals surface area contributed by atoms with Crippen molar-refractivity contribution in [3.05, 3.63) is 76.5 Å². The number of nitrogens with one attached hydrogen (secondary N) is 1. The molecule has 0 aliphatic heterocycles. The highest BCUT2D eigenvalue weighted by Crippen LogP contribution is 2.38. The fraction of sp³-hybridized carbons (Fsp3) is 0.208. The van der Waals surface area contributed by atoms with Gasteiger partial charge in [-0.2, -0.15) is 0 Å². The van der Waals surface area contributed by atoms with Gasteiger partial charge in [0.05, 0.1) is 28.0 Å². The van der Waals surface area contributed by atoms with E-state index in [1.165, 1.54) is 30.6 Å². The lowest BCUT2D eigenvalue weighted by Crippen LogP contribution is -2.12. The third-order valence-electron chi connectivity index (χ3n) is 5.42. The van der Waals surface area contributed by atoms with Crippen LogP contribution in [0.15, 0.2) is 42.7 Å². The normalized spacial score (nSPS) is 12.7. The molecule has 0 radical (unpaired) electrons. The summed E-state index contributed by atoms with van der Waals surface area (Å²) < 4.78 is 55.3. The molecule has 10 heteroatoms. The zero-order chi connectivity index (χ0) is 24.8. The molecule has 4 aromatic rings. The predicted molar refractivity (Wildman–Crippen MR) is 130 cm³/mol. The molecule has 0 aliphatic rings. The van der Waals surface area contributed by atoms with E-state index in [2.05, 4.69) is 20.3 Å². The van der Waals surface area contributed by atoms with Crippen LogP contribution in [-0.4, -0.2) is 28.3 Å². The Bertz CT molecular complexity index is 1460. The number of rotatable bonds is 5. The second-order valence-electron chi connectivity index (χ2n) is 8.37. The summed E-state index contributed by atoms with van der Waals surface area (Å²) in [6.07, 6.45) is 2.82. The van der Waals surface area contributed by atoms with Crippen LogP contribution < -0.4 is 10.9 Å². The molecule has 0 amide bonds. The molecular formula is C24H21ClF3N4OP. The molecule has 5 nitrogen and oxygen atoms in total. The summed E-state index contributed by atoms with van der Waals surface area (Å²) in [6, 6.07) is 6.11. The Labute approximate surface area is 199 Å². The smallest absolute Gasteiger partial charge is 0.188 e. The third-order valence-corrected chi connectivity index (χ3v) is 7.08. The Morgan fingerprint density at radius 2 is 1.74 bits per heavy atom. The van der Waals surface area contributed by atoms with Crippen molar-refractivity contribution in [2.75, 3.05) is 18.6 Å². The number of pyridine rings is 1. The quantitative estimate of drug-likeness (QED) is 0.315. The van der Waals surface area contributed by atoms with Crippen LogP contribution in [0.1, 0.15) is 24.2 Å². The van der Waals surface area contributed by atoms with Gasteiger partial charge in [0.15, 0.2) is 17.2 Å². The van der Waals surface area contributed by atoms with Crippen LogP contribution in [0.4, 0.5) is 18.9 Å². The van der Waals surface area contributed by atoms with Crippen LogP contribution in [-0.2, 0) is 4.57 Å². The van der Waals surface area contributed by atoms with Gasteiger partial charge in [-0.05, 0) is 39.3 Å². The summed E-state index contributed by atoms with van der Waals surface area (Å²) in [5, 5.41) is 3.90. The first-order chi connectivity index (χ1) is 16.0. The molecule has 0 spiro atoms. The summed E-state index contributed by atoms with van der Waals surface area (Å²) in [5.41, 5.74) is 2.08. The van der Waals surface area contributed by atoms with Gasteiger partial charge in [-0.1, -0.05) is 23.7 Å². The van der Waals surface area contributed by atoms with Gasteiger partial charge < -0.3 is 9.88 Å². The lowest BCUT2D eigenvalue weighted by Gasteiger charge is -2.20. The van der Waals surface area contributed by atoms with Crippen LogP contribution in [0, 0.1) is 24.4 Å². The van der Waals surface area contributed by atoms with E-state index < -0.39 is 30.6 Å². The lowest BCUT2D eigenvalue weighted by atomic mass is 10.0. The fourth-order valence-corrected chi connectivity index (χ4v) is 4.50. The van der Waals surface area contributed by atoms with Crippen molar-refractivity contribution in [1.82, 2.24) is 15.0 Å². The maximum absolute atomic E-state index is 15.0. The lowest BCUT2D eigenvalue weighted by molar-refractivity contribution is 0.495. The number of nitrogens with zero attached hydrogens (tertiary/aromatic N) is 3. The number of benzene rings is 2. The first-order valence-corrected chi connectivity index (χ1v) is 13.3. The largest absolute Gasteiger partial charge is 0.377 e. The van der Waals surface area contributed by atoms with Crippen LogP contribution in [0.3, 0.4) is 0 Å². The van der Waals surface area contributed by atoms with Crippen LogP contribution in [0.2, 0.25) is 5.02 Å². The summed E-state index contributed by atoms with van der Waals surface area (Å²) in [7, 11) is -2.66. The van der Waals surface area contributed by atoms with Crippen LogP contribution in [0.5, 0.6) is 0 Å². The average Bonchev–Trinajstić information content (AvgIpc) is 2.78. The number of aryl methyl sites for hydroxylation is 1. The average molecular weight is 505 g/mol. The van der Waals surface area contributed by atoms with Gasteiger partial charge in [-0.3, -0.25) is 4.98 Å². The molecule has 0 fully saturated rings. The molecule has 0 aliphatic carbocycles. The molecule has 34 heavy (non-hydrogen) atoms. The van der Waals surface area contributed by atoms with Crippen molar-refractivity contribution >= 4 is 40.9 Å². The van der Waals surface area contributed by atoms with Crippen LogP contribution in [0.25, 0.3) is 22.0 Å². The van der Waals surface area contributed by atoms with Crippen LogP contribution >= 0.6 is 18.7 Å². The maximum atomic E-state index is 15.0. The molecule has 0 saturated heterocycles. The summed E-state index contributed by atoms with van der Waals surface area (Å²) in [5.74, 6) is -2.46. The van der Waals surface area contributed by atoms with E-state index in [1.807, 2.05) is 0 Å². The molecule has 1 atom stereocenters. The molecule has 176 valence electrons. The van der Waals surface area contributed by atoms with Gasteiger partial charge in [0, 0.05) is 40.5 Å². The fourth-order valence-electron chi connectivity index (χ4n) is 3.63. The Balaban J connectivity index is 1.84. The maximum Gasteiger partial charge on any atom is 0.188 e. The number of halogens is 4. The van der Waals surface area contributed by atoms with E-state index in [1.54, 1.807) is 33.2 Å². The molecule has 0 bridgehead atoms. The second kappa shape index (κ2) is 9.01. The first-order valence-electron chi connectivity index (χ1n) is 10.3. The number of fused-ring (bicyclic) bond motifs is 1. The van der Waals surface area contributed by atoms with E-state index in [0.717, 1.165) is 6.07 Å². The second-order valence-corrected chi connectivity index (χ2v) is 11.8. The zero-order valence-corrected chi connectivity index (χ0v) is 20.5. The summed E-state index contributed by atoms with van der Waals surface area (Å²) in [6.45, 7) is 6.44. The minimum atomic E-state index is -2.66. The van der Waals surface area contributed by atoms with Crippen molar-refractivity contribution in [2.45, 2.75) is 19.9 Å². The molecule has 0 saturated carbocycles. The predicted octanol–water partition coefficient (Wildman–Crippen LogP) is 6.49. The molecule has 2 aromatic carbocycles. The van der Waals surface area contributed by atoms with Crippen molar-refractivity contribution in [1.29, 1.82) is 0 Å². The van der Waals surface area contributed by atoms with E-state index in [9.17, 15) is 13.3 Å². The zero-order valence-electron chi connectivity index (χ0n) is 18.8. The minimum Gasteiger partial charge on any atom is -0.377 e. The SMILES string of the molecule is Cc1nc2cc(F)c(-c3cnc(P(C)(C)=O)nc3)cc2c(NC(C)c2cccc(F)c2F)c1Cl. The minimum absolute atomic E-state index is 0.119. The monoisotopic (exact) mass is 504 g/mol. The van der Waals surface area contributed by atoms with E-state index in [0.29, 0.717) is 27.8 Å². The number of hydrogen-bond donors (Lipinski definition) is 1. The van der Waals surface area contributed by atoms with Gasteiger partial charge >= 0.3 is 0 Å². The van der Waals surface area contributed by atoms with Gasteiger partial charge in [-0.15, -0.1) is 0 Å². The highest BCUT2D eigenvalue weighted by atomic mass is 35.5. The Kier molecular flexibility index (Phi) is 6.40. The Morgan fingerprint density at radius 3 is 2.38 bits per heavy atom. The van der Waals surface area contributed by atoms with Crippen molar-refractivity contribution in [3.8, 4) is 11.1 Å². The molecule has 1 unspecified atom stereocenters. The topological polar surface area (TPSA) is 67.8 Å². The van der Waals surface area contributed by atoms with E-state index in [-0.39, 0.29) is 21.7 Å². The Hall–Kier alpha value is -2.96. The number of anilines is 1. The van der Waals surface area contributed by atoms with Gasteiger partial charge in [-0.25, -0.2) is 23.1 Å². The van der Waals surface area contributed by atoms with Gasteiger partial charge in [0.25, 0.3) is 0 Å². The third kappa shape index (κ3) is 4.52. The van der Waals surface area contributed by atoms with Gasteiger partial charge in [0.2, 0.25) is 0 Å². The highest BCUT2D eigenvalue weighted by Gasteiger charge is 2.21. The number of hydrogen-bond acceptors (Lipinski definition) is 5. The first kappa shape index (κ1) is 24.2. The number of aromatic nitrogens is 3. The molecular weight excluding hydrogens is 484 g/mol. The van der Waals surface area contributed by atoms with Gasteiger partial charge in [0.1, 0.15) is 13.0 Å². The van der Waals surface area contributed by atoms with Crippen molar-refractivity contribution in [3.63, 3.8) is 0 Å². The summed E-state index contributed by atoms with van der Waals surface area (Å²) in [4.78, 5) is 12.6. The highest BCUT2D eigenvalue weighted by molar-refractivity contribution is 7.69. The summed E-state index contributed by atoms with van der Waals surface area (Å²) >= 11 is 6.54.